The van der Waals surface area contributed by atoms with Crippen LogP contribution in [0.3, 0.4) is 0 Å². The van der Waals surface area contributed by atoms with Crippen LogP contribution >= 0.6 is 0 Å². The predicted molar refractivity (Wildman–Crippen MR) is 89.5 cm³/mol. The number of benzene rings is 2. The average molecular weight is 283 g/mol. The third-order valence-electron chi connectivity index (χ3n) is 3.92. The summed E-state index contributed by atoms with van der Waals surface area (Å²) in [5.41, 5.74) is 3.55. The van der Waals surface area contributed by atoms with Crippen molar-refractivity contribution >= 4 is 5.69 Å². The molecule has 1 unspecified atom stereocenters. The van der Waals surface area contributed by atoms with Crippen LogP contribution in [-0.4, -0.2) is 11.1 Å². The zero-order chi connectivity index (χ0) is 15.3. The second-order valence-electron chi connectivity index (χ2n) is 6.35. The third-order valence-corrected chi connectivity index (χ3v) is 3.92. The van der Waals surface area contributed by atoms with Crippen LogP contribution in [0.5, 0.6) is 0 Å². The maximum absolute atomic E-state index is 9.07. The predicted octanol–water partition coefficient (Wildman–Crippen LogP) is 4.35. The van der Waals surface area contributed by atoms with Crippen LogP contribution in [0.4, 0.5) is 5.69 Å². The van der Waals surface area contributed by atoms with Crippen molar-refractivity contribution in [1.29, 1.82) is 0 Å². The van der Waals surface area contributed by atoms with Crippen LogP contribution < -0.4 is 5.32 Å². The Bertz CT molecular complexity index is 546. The van der Waals surface area contributed by atoms with Crippen molar-refractivity contribution in [2.24, 2.45) is 0 Å². The molecule has 0 saturated carbocycles. The number of rotatable bonds is 6. The van der Waals surface area contributed by atoms with Gasteiger partial charge in [0.15, 0.2) is 0 Å². The molecule has 0 saturated heterocycles. The van der Waals surface area contributed by atoms with E-state index in [0.717, 1.165) is 17.7 Å². The van der Waals surface area contributed by atoms with Gasteiger partial charge in [-0.1, -0.05) is 56.3 Å². The summed E-state index contributed by atoms with van der Waals surface area (Å²) in [6, 6.07) is 19.0. The number of hydrogen-bond donors (Lipinski definition) is 2. The van der Waals surface area contributed by atoms with Gasteiger partial charge in [-0.05, 0) is 42.0 Å². The average Bonchev–Trinajstić information content (AvgIpc) is 2.48. The van der Waals surface area contributed by atoms with E-state index in [1.165, 1.54) is 5.56 Å². The molecule has 0 aliphatic carbocycles. The van der Waals surface area contributed by atoms with Crippen LogP contribution in [0.2, 0.25) is 0 Å². The van der Waals surface area contributed by atoms with E-state index < -0.39 is 0 Å². The van der Waals surface area contributed by atoms with E-state index in [2.05, 4.69) is 56.4 Å². The summed E-state index contributed by atoms with van der Waals surface area (Å²) in [5, 5.41) is 12.6. The monoisotopic (exact) mass is 283 g/mol. The number of aliphatic hydroxyl groups is 1. The van der Waals surface area contributed by atoms with E-state index in [1.54, 1.807) is 0 Å². The summed E-state index contributed by atoms with van der Waals surface area (Å²) < 4.78 is 0. The fourth-order valence-corrected chi connectivity index (χ4v) is 2.81. The zero-order valence-electron chi connectivity index (χ0n) is 13.1. The van der Waals surface area contributed by atoms with Crippen molar-refractivity contribution in [3.05, 3.63) is 65.7 Å². The first kappa shape index (κ1) is 15.6. The normalized spacial score (nSPS) is 13.0. The van der Waals surface area contributed by atoms with E-state index in [0.29, 0.717) is 6.04 Å². The van der Waals surface area contributed by atoms with Crippen molar-refractivity contribution < 1.29 is 5.11 Å². The standard InChI is InChI=1S/C19H25NO/c1-15(20-18-11-9-16(14-21)10-12-18)13-19(2,3)17-7-5-4-6-8-17/h4-12,15,20-21H,13-14H2,1-3H3. The fourth-order valence-electron chi connectivity index (χ4n) is 2.81. The summed E-state index contributed by atoms with van der Waals surface area (Å²) in [5.74, 6) is 0. The largest absolute Gasteiger partial charge is 0.392 e. The summed E-state index contributed by atoms with van der Waals surface area (Å²) in [6.07, 6.45) is 1.05. The molecule has 2 nitrogen and oxygen atoms in total. The lowest BCUT2D eigenvalue weighted by molar-refractivity contribution is 0.282. The second kappa shape index (κ2) is 6.77. The molecule has 2 aromatic carbocycles. The molecule has 0 aliphatic heterocycles. The SMILES string of the molecule is CC(CC(C)(C)c1ccccc1)Nc1ccc(CO)cc1. The van der Waals surface area contributed by atoms with Gasteiger partial charge in [-0.15, -0.1) is 0 Å². The maximum atomic E-state index is 9.07. The summed E-state index contributed by atoms with van der Waals surface area (Å²) in [7, 11) is 0. The Balaban J connectivity index is 1.98. The van der Waals surface area contributed by atoms with Gasteiger partial charge in [-0.3, -0.25) is 0 Å². The van der Waals surface area contributed by atoms with Gasteiger partial charge >= 0.3 is 0 Å². The number of anilines is 1. The smallest absolute Gasteiger partial charge is 0.0681 e. The van der Waals surface area contributed by atoms with Gasteiger partial charge in [0.05, 0.1) is 6.61 Å². The molecule has 0 bridgehead atoms. The fraction of sp³-hybridized carbons (Fsp3) is 0.368. The lowest BCUT2D eigenvalue weighted by atomic mass is 9.79. The molecule has 2 heteroatoms. The maximum Gasteiger partial charge on any atom is 0.0681 e. The molecule has 0 aromatic heterocycles. The van der Waals surface area contributed by atoms with Crippen LogP contribution in [-0.2, 0) is 12.0 Å². The summed E-state index contributed by atoms with van der Waals surface area (Å²) >= 11 is 0. The van der Waals surface area contributed by atoms with Crippen molar-refractivity contribution in [1.82, 2.24) is 0 Å². The van der Waals surface area contributed by atoms with Crippen LogP contribution in [0.15, 0.2) is 54.6 Å². The molecule has 0 fully saturated rings. The topological polar surface area (TPSA) is 32.3 Å². The zero-order valence-corrected chi connectivity index (χ0v) is 13.1. The Morgan fingerprint density at radius 2 is 1.62 bits per heavy atom. The second-order valence-corrected chi connectivity index (χ2v) is 6.35. The van der Waals surface area contributed by atoms with E-state index >= 15 is 0 Å². The van der Waals surface area contributed by atoms with E-state index in [1.807, 2.05) is 24.3 Å². The molecule has 2 N–H and O–H groups in total. The highest BCUT2D eigenvalue weighted by Gasteiger charge is 2.23. The lowest BCUT2D eigenvalue weighted by Crippen LogP contribution is -2.27. The Labute approximate surface area is 127 Å². The summed E-state index contributed by atoms with van der Waals surface area (Å²) in [6.45, 7) is 6.88. The molecule has 0 amide bonds. The molecule has 2 rings (SSSR count). The van der Waals surface area contributed by atoms with Gasteiger partial charge in [0.2, 0.25) is 0 Å². The van der Waals surface area contributed by atoms with Gasteiger partial charge in [-0.2, -0.15) is 0 Å². The lowest BCUT2D eigenvalue weighted by Gasteiger charge is -2.29. The minimum absolute atomic E-state index is 0.0941. The minimum Gasteiger partial charge on any atom is -0.392 e. The Hall–Kier alpha value is -1.80. The Morgan fingerprint density at radius 3 is 2.19 bits per heavy atom. The molecular formula is C19H25NO. The Kier molecular flexibility index (Phi) is 5.03. The van der Waals surface area contributed by atoms with E-state index in [9.17, 15) is 0 Å². The molecule has 0 spiro atoms. The van der Waals surface area contributed by atoms with Gasteiger partial charge in [0.25, 0.3) is 0 Å². The molecule has 21 heavy (non-hydrogen) atoms. The first-order valence-corrected chi connectivity index (χ1v) is 7.53. The number of aliphatic hydroxyl groups excluding tert-OH is 1. The highest BCUT2D eigenvalue weighted by molar-refractivity contribution is 5.45. The van der Waals surface area contributed by atoms with Gasteiger partial charge in [0, 0.05) is 11.7 Å². The van der Waals surface area contributed by atoms with Gasteiger partial charge < -0.3 is 10.4 Å². The Morgan fingerprint density at radius 1 is 1.00 bits per heavy atom. The quantitative estimate of drug-likeness (QED) is 0.826. The molecular weight excluding hydrogens is 258 g/mol. The highest BCUT2D eigenvalue weighted by Crippen LogP contribution is 2.29. The first-order valence-electron chi connectivity index (χ1n) is 7.53. The number of nitrogens with one attached hydrogen (secondary N) is 1. The van der Waals surface area contributed by atoms with Crippen molar-refractivity contribution in [2.45, 2.75) is 45.3 Å². The first-order chi connectivity index (χ1) is 10.0. The van der Waals surface area contributed by atoms with Crippen LogP contribution in [0.25, 0.3) is 0 Å². The molecule has 0 aliphatic rings. The molecule has 1 atom stereocenters. The molecule has 0 radical (unpaired) electrons. The van der Waals surface area contributed by atoms with Crippen molar-refractivity contribution in [3.63, 3.8) is 0 Å². The molecule has 0 heterocycles. The number of hydrogen-bond acceptors (Lipinski definition) is 2. The van der Waals surface area contributed by atoms with E-state index in [-0.39, 0.29) is 12.0 Å². The van der Waals surface area contributed by atoms with Gasteiger partial charge in [0.1, 0.15) is 0 Å². The summed E-state index contributed by atoms with van der Waals surface area (Å²) in [4.78, 5) is 0. The molecule has 2 aromatic rings. The minimum atomic E-state index is 0.0941. The third kappa shape index (κ3) is 4.33. The van der Waals surface area contributed by atoms with Crippen molar-refractivity contribution in [3.8, 4) is 0 Å². The van der Waals surface area contributed by atoms with Gasteiger partial charge in [-0.25, -0.2) is 0 Å². The van der Waals surface area contributed by atoms with Crippen LogP contribution in [0.1, 0.15) is 38.3 Å². The van der Waals surface area contributed by atoms with Crippen LogP contribution in [0, 0.1) is 0 Å². The van der Waals surface area contributed by atoms with Crippen molar-refractivity contribution in [2.75, 3.05) is 5.32 Å². The van der Waals surface area contributed by atoms with E-state index in [4.69, 9.17) is 5.11 Å². The highest BCUT2D eigenvalue weighted by atomic mass is 16.3. The molecule has 112 valence electrons.